The van der Waals surface area contributed by atoms with E-state index in [4.69, 9.17) is 18.4 Å². The van der Waals surface area contributed by atoms with E-state index in [1.54, 1.807) is 0 Å². The summed E-state index contributed by atoms with van der Waals surface area (Å²) in [7, 11) is 0. The molecule has 0 atom stereocenters. The lowest BCUT2D eigenvalue weighted by molar-refractivity contribution is -0.144. The molecule has 7 nitrogen and oxygen atoms in total. The van der Waals surface area contributed by atoms with Crippen LogP contribution in [0.1, 0.15) is 40.6 Å². The molecule has 2 aromatic carbocycles. The second kappa shape index (κ2) is 9.73. The lowest BCUT2D eigenvalue weighted by atomic mass is 10.1. The van der Waals surface area contributed by atoms with Gasteiger partial charge in [-0.2, -0.15) is 0 Å². The van der Waals surface area contributed by atoms with Gasteiger partial charge in [0.15, 0.2) is 0 Å². The number of aryl methyl sites for hydroxylation is 3. The van der Waals surface area contributed by atoms with Gasteiger partial charge < -0.3 is 18.4 Å². The first-order valence-electron chi connectivity index (χ1n) is 10.8. The highest BCUT2D eigenvalue weighted by Gasteiger charge is 2.12. The molecule has 0 aliphatic carbocycles. The van der Waals surface area contributed by atoms with Crippen molar-refractivity contribution in [2.24, 2.45) is 0 Å². The average molecular weight is 447 g/mol. The number of esters is 1. The van der Waals surface area contributed by atoms with Gasteiger partial charge in [-0.15, -0.1) is 0 Å². The third kappa shape index (κ3) is 5.31. The maximum absolute atomic E-state index is 12.4. The molecule has 0 unspecified atom stereocenters. The highest BCUT2D eigenvalue weighted by Crippen LogP contribution is 2.21. The van der Waals surface area contributed by atoms with Crippen molar-refractivity contribution in [3.8, 4) is 5.75 Å². The van der Waals surface area contributed by atoms with Gasteiger partial charge in [-0.1, -0.05) is 36.3 Å². The normalized spacial score (nSPS) is 11.0. The molecule has 0 spiro atoms. The van der Waals surface area contributed by atoms with Crippen LogP contribution in [0.25, 0.3) is 11.0 Å². The van der Waals surface area contributed by atoms with E-state index in [2.05, 4.69) is 5.16 Å². The standard InChI is InChI=1S/C26H25NO6/c1-4-18-7-10-22-20(13-26(29)32-24(22)11-18)14-31-25(28)12-19-5-8-21(9-6-19)30-15-23-16(2)27-33-17(23)3/h5-11,13H,4,12,14-15H2,1-3H3. The van der Waals surface area contributed by atoms with Crippen molar-refractivity contribution in [1.29, 1.82) is 0 Å². The monoisotopic (exact) mass is 447 g/mol. The number of carbonyl (C=O) groups is 1. The summed E-state index contributed by atoms with van der Waals surface area (Å²) >= 11 is 0. The van der Waals surface area contributed by atoms with E-state index in [0.717, 1.165) is 40.0 Å². The number of aromatic nitrogens is 1. The molecule has 0 amide bonds. The Morgan fingerprint density at radius 3 is 2.45 bits per heavy atom. The molecule has 0 aliphatic rings. The molecule has 0 bridgehead atoms. The number of fused-ring (bicyclic) bond motifs is 1. The first kappa shape index (κ1) is 22.3. The fourth-order valence-electron chi connectivity index (χ4n) is 3.56. The highest BCUT2D eigenvalue weighted by molar-refractivity contribution is 5.81. The Morgan fingerprint density at radius 1 is 1.00 bits per heavy atom. The van der Waals surface area contributed by atoms with Gasteiger partial charge >= 0.3 is 11.6 Å². The molecule has 4 aromatic rings. The van der Waals surface area contributed by atoms with Gasteiger partial charge in [0.05, 0.1) is 17.7 Å². The Kier molecular flexibility index (Phi) is 6.58. The summed E-state index contributed by atoms with van der Waals surface area (Å²) in [6.07, 6.45) is 0.950. The van der Waals surface area contributed by atoms with Gasteiger partial charge in [0.2, 0.25) is 0 Å². The highest BCUT2D eigenvalue weighted by atomic mass is 16.5. The third-order valence-corrected chi connectivity index (χ3v) is 5.53. The third-order valence-electron chi connectivity index (χ3n) is 5.53. The van der Waals surface area contributed by atoms with Crippen LogP contribution in [0, 0.1) is 13.8 Å². The van der Waals surface area contributed by atoms with Gasteiger partial charge in [-0.25, -0.2) is 4.79 Å². The zero-order chi connectivity index (χ0) is 23.4. The summed E-state index contributed by atoms with van der Waals surface area (Å²) in [5.74, 6) is 1.04. The van der Waals surface area contributed by atoms with E-state index in [9.17, 15) is 9.59 Å². The molecule has 0 aliphatic heterocycles. The minimum atomic E-state index is -0.464. The molecule has 33 heavy (non-hydrogen) atoms. The molecule has 0 radical (unpaired) electrons. The van der Waals surface area contributed by atoms with Gasteiger partial charge in [0.25, 0.3) is 0 Å². The minimum Gasteiger partial charge on any atom is -0.489 e. The van der Waals surface area contributed by atoms with Crippen LogP contribution in [0.5, 0.6) is 5.75 Å². The van der Waals surface area contributed by atoms with Gasteiger partial charge in [-0.05, 0) is 49.6 Å². The van der Waals surface area contributed by atoms with E-state index in [1.807, 2.05) is 63.2 Å². The number of rotatable bonds is 8. The van der Waals surface area contributed by atoms with E-state index < -0.39 is 5.63 Å². The summed E-state index contributed by atoms with van der Waals surface area (Å²) in [6.45, 7) is 6.12. The molecule has 2 heterocycles. The molecule has 2 aromatic heterocycles. The SMILES string of the molecule is CCc1ccc2c(COC(=O)Cc3ccc(OCc4c(C)noc4C)cc3)cc(=O)oc2c1. The Hall–Kier alpha value is -3.87. The number of benzene rings is 2. The van der Waals surface area contributed by atoms with Crippen LogP contribution >= 0.6 is 0 Å². The van der Waals surface area contributed by atoms with Crippen LogP contribution in [0.4, 0.5) is 0 Å². The van der Waals surface area contributed by atoms with Gasteiger partial charge in [-0.3, -0.25) is 4.79 Å². The van der Waals surface area contributed by atoms with E-state index in [-0.39, 0.29) is 19.0 Å². The smallest absolute Gasteiger partial charge is 0.336 e. The van der Waals surface area contributed by atoms with Crippen molar-refractivity contribution < 1.29 is 23.2 Å². The second-order valence-corrected chi connectivity index (χ2v) is 7.85. The van der Waals surface area contributed by atoms with E-state index >= 15 is 0 Å². The van der Waals surface area contributed by atoms with Crippen molar-refractivity contribution in [2.45, 2.75) is 46.8 Å². The number of nitrogens with zero attached hydrogens (tertiary/aromatic N) is 1. The summed E-state index contributed by atoms with van der Waals surface area (Å²) in [6, 6.07) is 14.3. The minimum absolute atomic E-state index is 0.00500. The summed E-state index contributed by atoms with van der Waals surface area (Å²) < 4.78 is 21.7. The van der Waals surface area contributed by atoms with E-state index in [0.29, 0.717) is 23.5 Å². The maximum Gasteiger partial charge on any atom is 0.336 e. The number of ether oxygens (including phenoxy) is 2. The zero-order valence-electron chi connectivity index (χ0n) is 18.8. The van der Waals surface area contributed by atoms with E-state index in [1.165, 1.54) is 6.07 Å². The second-order valence-electron chi connectivity index (χ2n) is 7.85. The quantitative estimate of drug-likeness (QED) is 0.282. The predicted octanol–water partition coefficient (Wildman–Crippen LogP) is 4.83. The first-order chi connectivity index (χ1) is 15.9. The topological polar surface area (TPSA) is 91.8 Å². The molecular formula is C26H25NO6. The number of hydrogen-bond acceptors (Lipinski definition) is 7. The number of hydrogen-bond donors (Lipinski definition) is 0. The number of carbonyl (C=O) groups excluding carboxylic acids is 1. The zero-order valence-corrected chi connectivity index (χ0v) is 18.8. The molecule has 4 rings (SSSR count). The maximum atomic E-state index is 12.4. The fraction of sp³-hybridized carbons (Fsp3) is 0.269. The van der Waals surface area contributed by atoms with Crippen molar-refractivity contribution in [3.05, 3.63) is 92.7 Å². The lowest BCUT2D eigenvalue weighted by Gasteiger charge is -2.09. The lowest BCUT2D eigenvalue weighted by Crippen LogP contribution is -2.10. The Bertz CT molecular complexity index is 1310. The van der Waals surface area contributed by atoms with Crippen LogP contribution in [-0.4, -0.2) is 11.1 Å². The van der Waals surface area contributed by atoms with Crippen LogP contribution in [0.2, 0.25) is 0 Å². The molecule has 0 saturated heterocycles. The first-order valence-corrected chi connectivity index (χ1v) is 10.8. The van der Waals surface area contributed by atoms with Crippen LogP contribution in [-0.2, 0) is 35.6 Å². The van der Waals surface area contributed by atoms with Crippen molar-refractivity contribution >= 4 is 16.9 Å². The summed E-state index contributed by atoms with van der Waals surface area (Å²) in [4.78, 5) is 24.3. The molecule has 170 valence electrons. The Balaban J connectivity index is 1.35. The predicted molar refractivity (Wildman–Crippen MR) is 122 cm³/mol. The van der Waals surface area contributed by atoms with Crippen molar-refractivity contribution in [1.82, 2.24) is 5.16 Å². The Morgan fingerprint density at radius 2 is 1.76 bits per heavy atom. The van der Waals surface area contributed by atoms with Crippen molar-refractivity contribution in [3.63, 3.8) is 0 Å². The molecule has 0 saturated carbocycles. The van der Waals surface area contributed by atoms with Gasteiger partial charge in [0, 0.05) is 17.0 Å². The van der Waals surface area contributed by atoms with Crippen molar-refractivity contribution in [2.75, 3.05) is 0 Å². The largest absolute Gasteiger partial charge is 0.489 e. The average Bonchev–Trinajstić information content (AvgIpc) is 3.13. The summed E-state index contributed by atoms with van der Waals surface area (Å²) in [5.41, 5.74) is 4.26. The van der Waals surface area contributed by atoms with Crippen LogP contribution in [0.15, 0.2) is 62.3 Å². The fourth-order valence-corrected chi connectivity index (χ4v) is 3.56. The summed E-state index contributed by atoms with van der Waals surface area (Å²) in [5, 5.41) is 4.68. The molecule has 7 heteroatoms. The van der Waals surface area contributed by atoms with Crippen LogP contribution in [0.3, 0.4) is 0 Å². The van der Waals surface area contributed by atoms with Crippen LogP contribution < -0.4 is 10.4 Å². The molecular weight excluding hydrogens is 422 g/mol. The van der Waals surface area contributed by atoms with Gasteiger partial charge in [0.1, 0.15) is 30.3 Å². The Labute approximate surface area is 190 Å². The molecule has 0 fully saturated rings. The molecule has 0 N–H and O–H groups in total.